The first-order valence-corrected chi connectivity index (χ1v) is 6.43. The SMILES string of the molecule is C[C@H]1CCCN(Cc2cc(Cl)nc(Cl)c2)C1. The van der Waals surface area contributed by atoms with E-state index in [1.807, 2.05) is 12.1 Å². The maximum Gasteiger partial charge on any atom is 0.131 e. The quantitative estimate of drug-likeness (QED) is 0.754. The number of nitrogens with zero attached hydrogens (tertiary/aromatic N) is 2. The molecule has 1 fully saturated rings. The molecule has 0 bridgehead atoms. The molecule has 1 saturated heterocycles. The summed E-state index contributed by atoms with van der Waals surface area (Å²) in [5.74, 6) is 0.793. The van der Waals surface area contributed by atoms with Gasteiger partial charge in [-0.05, 0) is 43.0 Å². The molecule has 4 heteroatoms. The predicted octanol–water partition coefficient (Wildman–Crippen LogP) is 3.62. The van der Waals surface area contributed by atoms with Crippen LogP contribution in [0.2, 0.25) is 10.3 Å². The minimum atomic E-state index is 0.479. The first-order chi connectivity index (χ1) is 7.63. The molecular weight excluding hydrogens is 243 g/mol. The van der Waals surface area contributed by atoms with Crippen LogP contribution < -0.4 is 0 Å². The maximum absolute atomic E-state index is 5.88. The van der Waals surface area contributed by atoms with Crippen LogP contribution in [0.15, 0.2) is 12.1 Å². The number of likely N-dealkylation sites (tertiary alicyclic amines) is 1. The van der Waals surface area contributed by atoms with Crippen molar-refractivity contribution in [3.05, 3.63) is 28.0 Å². The highest BCUT2D eigenvalue weighted by Crippen LogP contribution is 2.20. The lowest BCUT2D eigenvalue weighted by molar-refractivity contribution is 0.176. The lowest BCUT2D eigenvalue weighted by Crippen LogP contribution is -2.33. The second kappa shape index (κ2) is 5.35. The molecule has 2 heterocycles. The molecule has 0 amide bonds. The van der Waals surface area contributed by atoms with Crippen molar-refractivity contribution >= 4 is 23.2 Å². The minimum absolute atomic E-state index is 0.479. The summed E-state index contributed by atoms with van der Waals surface area (Å²) in [6, 6.07) is 3.79. The van der Waals surface area contributed by atoms with Gasteiger partial charge in [0.2, 0.25) is 0 Å². The largest absolute Gasteiger partial charge is 0.299 e. The van der Waals surface area contributed by atoms with Gasteiger partial charge in [0, 0.05) is 13.1 Å². The Bertz CT molecular complexity index is 348. The standard InChI is InChI=1S/C12H16Cl2N2/c1-9-3-2-4-16(7-9)8-10-5-11(13)15-12(14)6-10/h5-6,9H,2-4,7-8H2,1H3/t9-/m0/s1. The summed E-state index contributed by atoms with van der Waals surface area (Å²) in [7, 11) is 0. The predicted molar refractivity (Wildman–Crippen MR) is 67.9 cm³/mol. The molecule has 2 rings (SSSR count). The zero-order chi connectivity index (χ0) is 11.5. The van der Waals surface area contributed by atoms with Crippen molar-refractivity contribution in [1.82, 2.24) is 9.88 Å². The molecule has 0 aromatic carbocycles. The van der Waals surface area contributed by atoms with Crippen molar-refractivity contribution in [3.8, 4) is 0 Å². The van der Waals surface area contributed by atoms with E-state index in [-0.39, 0.29) is 0 Å². The van der Waals surface area contributed by atoms with E-state index in [9.17, 15) is 0 Å². The third-order valence-electron chi connectivity index (χ3n) is 2.97. The molecule has 1 aromatic rings. The van der Waals surface area contributed by atoms with Crippen LogP contribution in [0.5, 0.6) is 0 Å². The number of pyridine rings is 1. The Kier molecular flexibility index (Phi) is 4.06. The van der Waals surface area contributed by atoms with Crippen LogP contribution in [0.4, 0.5) is 0 Å². The first-order valence-electron chi connectivity index (χ1n) is 5.68. The fourth-order valence-electron chi connectivity index (χ4n) is 2.29. The molecule has 0 spiro atoms. The second-order valence-electron chi connectivity index (χ2n) is 4.60. The van der Waals surface area contributed by atoms with Gasteiger partial charge < -0.3 is 0 Å². The number of hydrogen-bond donors (Lipinski definition) is 0. The average Bonchev–Trinajstić information content (AvgIpc) is 2.15. The number of halogens is 2. The summed E-state index contributed by atoms with van der Waals surface area (Å²) in [6.45, 7) is 5.56. The zero-order valence-electron chi connectivity index (χ0n) is 9.42. The minimum Gasteiger partial charge on any atom is -0.299 e. The van der Waals surface area contributed by atoms with Gasteiger partial charge in [0.1, 0.15) is 10.3 Å². The van der Waals surface area contributed by atoms with Crippen molar-refractivity contribution in [3.63, 3.8) is 0 Å². The zero-order valence-corrected chi connectivity index (χ0v) is 10.9. The number of rotatable bonds is 2. The van der Waals surface area contributed by atoms with Gasteiger partial charge >= 0.3 is 0 Å². The topological polar surface area (TPSA) is 16.1 Å². The van der Waals surface area contributed by atoms with Crippen LogP contribution in [0.25, 0.3) is 0 Å². The summed E-state index contributed by atoms with van der Waals surface area (Å²) < 4.78 is 0. The van der Waals surface area contributed by atoms with Crippen LogP contribution in [0, 0.1) is 5.92 Å². The Balaban J connectivity index is 2.02. The lowest BCUT2D eigenvalue weighted by atomic mass is 10.00. The molecular formula is C12H16Cl2N2. The van der Waals surface area contributed by atoms with E-state index in [1.165, 1.54) is 19.4 Å². The van der Waals surface area contributed by atoms with Gasteiger partial charge in [-0.2, -0.15) is 0 Å². The smallest absolute Gasteiger partial charge is 0.131 e. The highest BCUT2D eigenvalue weighted by Gasteiger charge is 2.16. The van der Waals surface area contributed by atoms with E-state index in [0.29, 0.717) is 10.3 Å². The lowest BCUT2D eigenvalue weighted by Gasteiger charge is -2.30. The van der Waals surface area contributed by atoms with Gasteiger partial charge in [-0.3, -0.25) is 4.90 Å². The van der Waals surface area contributed by atoms with Crippen molar-refractivity contribution in [2.45, 2.75) is 26.3 Å². The number of hydrogen-bond acceptors (Lipinski definition) is 2. The van der Waals surface area contributed by atoms with Gasteiger partial charge in [0.05, 0.1) is 0 Å². The summed E-state index contributed by atoms with van der Waals surface area (Å²) >= 11 is 11.8. The van der Waals surface area contributed by atoms with Gasteiger partial charge in [0.25, 0.3) is 0 Å². The molecule has 88 valence electrons. The van der Waals surface area contributed by atoms with Crippen molar-refractivity contribution < 1.29 is 0 Å². The van der Waals surface area contributed by atoms with Crippen molar-refractivity contribution in [2.75, 3.05) is 13.1 Å². The molecule has 1 aliphatic heterocycles. The Labute approximate surface area is 107 Å². The molecule has 1 aromatic heterocycles. The van der Waals surface area contributed by atoms with E-state index in [1.54, 1.807) is 0 Å². The average molecular weight is 259 g/mol. The summed E-state index contributed by atoms with van der Waals surface area (Å²) in [4.78, 5) is 6.41. The fraction of sp³-hybridized carbons (Fsp3) is 0.583. The van der Waals surface area contributed by atoms with Crippen LogP contribution in [-0.2, 0) is 6.54 Å². The highest BCUT2D eigenvalue weighted by molar-refractivity contribution is 6.32. The highest BCUT2D eigenvalue weighted by atomic mass is 35.5. The van der Waals surface area contributed by atoms with Crippen molar-refractivity contribution in [1.29, 1.82) is 0 Å². The van der Waals surface area contributed by atoms with E-state index in [0.717, 1.165) is 24.6 Å². The van der Waals surface area contributed by atoms with Crippen LogP contribution >= 0.6 is 23.2 Å². The van der Waals surface area contributed by atoms with Gasteiger partial charge in [0.15, 0.2) is 0 Å². The summed E-state index contributed by atoms with van der Waals surface area (Å²) in [5, 5.41) is 0.958. The molecule has 16 heavy (non-hydrogen) atoms. The Morgan fingerprint density at radius 1 is 1.38 bits per heavy atom. The molecule has 1 aliphatic rings. The summed E-state index contributed by atoms with van der Waals surface area (Å²) in [5.41, 5.74) is 1.15. The van der Waals surface area contributed by atoms with Crippen molar-refractivity contribution in [2.24, 2.45) is 5.92 Å². The third-order valence-corrected chi connectivity index (χ3v) is 3.36. The Morgan fingerprint density at radius 2 is 2.06 bits per heavy atom. The van der Waals surface area contributed by atoms with Gasteiger partial charge in [-0.25, -0.2) is 4.98 Å². The number of piperidine rings is 1. The third kappa shape index (κ3) is 3.34. The Morgan fingerprint density at radius 3 is 2.69 bits per heavy atom. The van der Waals surface area contributed by atoms with E-state index < -0.39 is 0 Å². The summed E-state index contributed by atoms with van der Waals surface area (Å²) in [6.07, 6.45) is 2.63. The number of aromatic nitrogens is 1. The molecule has 0 unspecified atom stereocenters. The van der Waals surface area contributed by atoms with E-state index >= 15 is 0 Å². The first kappa shape index (κ1) is 12.2. The van der Waals surface area contributed by atoms with Crippen LogP contribution in [-0.4, -0.2) is 23.0 Å². The molecule has 0 radical (unpaired) electrons. The molecule has 0 saturated carbocycles. The second-order valence-corrected chi connectivity index (χ2v) is 5.38. The Hall–Kier alpha value is -0.310. The van der Waals surface area contributed by atoms with Gasteiger partial charge in [-0.15, -0.1) is 0 Å². The molecule has 1 atom stereocenters. The van der Waals surface area contributed by atoms with Gasteiger partial charge in [-0.1, -0.05) is 30.1 Å². The normalized spacial score (nSPS) is 22.3. The van der Waals surface area contributed by atoms with E-state index in [4.69, 9.17) is 23.2 Å². The molecule has 2 nitrogen and oxygen atoms in total. The molecule has 0 aliphatic carbocycles. The van der Waals surface area contributed by atoms with E-state index in [2.05, 4.69) is 16.8 Å². The molecule has 0 N–H and O–H groups in total. The fourth-order valence-corrected chi connectivity index (χ4v) is 2.80. The van der Waals surface area contributed by atoms with Crippen LogP contribution in [0.3, 0.4) is 0 Å². The maximum atomic E-state index is 5.88. The van der Waals surface area contributed by atoms with Crippen LogP contribution in [0.1, 0.15) is 25.3 Å². The monoisotopic (exact) mass is 258 g/mol.